The molecule has 34 heavy (non-hydrogen) atoms. The fourth-order valence-electron chi connectivity index (χ4n) is 3.73. The Morgan fingerprint density at radius 2 is 1.76 bits per heavy atom. The number of sulfonamides is 1. The van der Waals surface area contributed by atoms with Crippen LogP contribution in [-0.4, -0.2) is 38.4 Å². The molecular formula is C23H26ClF3N2O3S2. The lowest BCUT2D eigenvalue weighted by Crippen LogP contribution is -2.41. The first-order chi connectivity index (χ1) is 16.1. The van der Waals surface area contributed by atoms with E-state index in [-0.39, 0.29) is 9.92 Å². The van der Waals surface area contributed by atoms with Crippen molar-refractivity contribution < 1.29 is 26.4 Å². The van der Waals surface area contributed by atoms with Gasteiger partial charge in [0.1, 0.15) is 6.54 Å². The molecule has 11 heteroatoms. The highest BCUT2D eigenvalue weighted by Gasteiger charge is 2.34. The van der Waals surface area contributed by atoms with E-state index in [1.807, 2.05) is 0 Å². The number of thioether (sulfide) groups is 1. The van der Waals surface area contributed by atoms with Gasteiger partial charge in [-0.05, 0) is 43.2 Å². The largest absolute Gasteiger partial charge is 0.416 e. The fraction of sp³-hybridized carbons (Fsp3) is 0.435. The molecule has 1 saturated carbocycles. The molecule has 0 heterocycles. The lowest BCUT2D eigenvalue weighted by Gasteiger charge is -2.26. The van der Waals surface area contributed by atoms with Gasteiger partial charge in [0.05, 0.1) is 21.2 Å². The highest BCUT2D eigenvalue weighted by Crippen LogP contribution is 2.37. The highest BCUT2D eigenvalue weighted by molar-refractivity contribution is 7.99. The molecule has 1 aliphatic rings. The number of carbonyl (C=O) groups is 1. The predicted octanol–water partition coefficient (Wildman–Crippen LogP) is 5.74. The van der Waals surface area contributed by atoms with Crippen molar-refractivity contribution in [1.29, 1.82) is 0 Å². The second-order valence-corrected chi connectivity index (χ2v) is 11.6. The van der Waals surface area contributed by atoms with E-state index in [1.54, 1.807) is 17.8 Å². The summed E-state index contributed by atoms with van der Waals surface area (Å²) in [5.41, 5.74) is -1.48. The molecule has 1 N–H and O–H groups in total. The Hall–Kier alpha value is -1.91. The van der Waals surface area contributed by atoms with Crippen LogP contribution >= 0.6 is 23.4 Å². The molecule has 0 spiro atoms. The van der Waals surface area contributed by atoms with Gasteiger partial charge in [-0.3, -0.25) is 9.10 Å². The van der Waals surface area contributed by atoms with Crippen LogP contribution in [0.2, 0.25) is 5.02 Å². The van der Waals surface area contributed by atoms with Crippen LogP contribution in [0.15, 0.2) is 53.4 Å². The van der Waals surface area contributed by atoms with E-state index in [1.165, 1.54) is 43.5 Å². The number of benzene rings is 2. The Bertz CT molecular complexity index is 1080. The second-order valence-electron chi connectivity index (χ2n) is 7.97. The van der Waals surface area contributed by atoms with Gasteiger partial charge in [-0.2, -0.15) is 24.9 Å². The van der Waals surface area contributed by atoms with E-state index in [4.69, 9.17) is 11.6 Å². The molecule has 2 aromatic rings. The molecule has 0 radical (unpaired) electrons. The van der Waals surface area contributed by atoms with Gasteiger partial charge in [0.15, 0.2) is 0 Å². The van der Waals surface area contributed by atoms with Gasteiger partial charge in [-0.15, -0.1) is 0 Å². The molecule has 0 bridgehead atoms. The van der Waals surface area contributed by atoms with Gasteiger partial charge in [0.2, 0.25) is 5.91 Å². The van der Waals surface area contributed by atoms with Crippen molar-refractivity contribution in [1.82, 2.24) is 5.32 Å². The van der Waals surface area contributed by atoms with E-state index in [0.29, 0.717) is 27.9 Å². The molecule has 1 aliphatic carbocycles. The summed E-state index contributed by atoms with van der Waals surface area (Å²) < 4.78 is 67.2. The van der Waals surface area contributed by atoms with Crippen molar-refractivity contribution >= 4 is 45.0 Å². The number of alkyl halides is 3. The first-order valence-electron chi connectivity index (χ1n) is 10.9. The minimum absolute atomic E-state index is 0.163. The number of amides is 1. The number of rotatable bonds is 9. The molecule has 1 fully saturated rings. The zero-order chi connectivity index (χ0) is 24.8. The first kappa shape index (κ1) is 26.7. The molecule has 0 atom stereocenters. The summed E-state index contributed by atoms with van der Waals surface area (Å²) in [4.78, 5) is 12.5. The highest BCUT2D eigenvalue weighted by atomic mass is 35.5. The van der Waals surface area contributed by atoms with E-state index in [0.717, 1.165) is 25.0 Å². The average molecular weight is 535 g/mol. The molecule has 0 saturated heterocycles. The van der Waals surface area contributed by atoms with E-state index in [9.17, 15) is 26.4 Å². The van der Waals surface area contributed by atoms with Gasteiger partial charge in [-0.25, -0.2) is 8.42 Å². The average Bonchev–Trinajstić information content (AvgIpc) is 2.81. The van der Waals surface area contributed by atoms with Gasteiger partial charge in [-0.1, -0.05) is 49.1 Å². The standard InChI is InChI=1S/C23H26ClF3N2O3S2/c24-20-12-11-17(23(25,26)27)15-21(20)29(34(31,32)19-9-5-2-6-10-19)16-22(30)28-13-14-33-18-7-3-1-4-8-18/h2,5-6,9-12,15,18H,1,3-4,7-8,13-14,16H2,(H,28,30). The summed E-state index contributed by atoms with van der Waals surface area (Å²) >= 11 is 7.89. The summed E-state index contributed by atoms with van der Waals surface area (Å²) in [5, 5.41) is 3.02. The monoisotopic (exact) mass is 534 g/mol. The quantitative estimate of drug-likeness (QED) is 0.417. The van der Waals surface area contributed by atoms with Crippen LogP contribution in [0, 0.1) is 0 Å². The van der Waals surface area contributed by atoms with E-state index >= 15 is 0 Å². The lowest BCUT2D eigenvalue weighted by molar-refractivity contribution is -0.137. The summed E-state index contributed by atoms with van der Waals surface area (Å²) in [5.74, 6) is 0.0452. The SMILES string of the molecule is O=C(CN(c1cc(C(F)(F)F)ccc1Cl)S(=O)(=O)c1ccccc1)NCCSC1CCCCC1. The van der Waals surface area contributed by atoms with Crippen LogP contribution in [0.25, 0.3) is 0 Å². The first-order valence-corrected chi connectivity index (χ1v) is 13.8. The third-order valence-electron chi connectivity index (χ3n) is 5.49. The van der Waals surface area contributed by atoms with Crippen molar-refractivity contribution in [2.45, 2.75) is 48.4 Å². The van der Waals surface area contributed by atoms with Crippen molar-refractivity contribution in [3.8, 4) is 0 Å². The number of carbonyl (C=O) groups excluding carboxylic acids is 1. The summed E-state index contributed by atoms with van der Waals surface area (Å²) in [6.45, 7) is -0.373. The number of anilines is 1. The summed E-state index contributed by atoms with van der Waals surface area (Å²) in [6, 6.07) is 9.59. The maximum Gasteiger partial charge on any atom is 0.416 e. The van der Waals surface area contributed by atoms with Crippen LogP contribution in [0.4, 0.5) is 18.9 Å². The zero-order valence-corrected chi connectivity index (χ0v) is 20.7. The molecule has 186 valence electrons. The third-order valence-corrected chi connectivity index (χ3v) is 8.97. The van der Waals surface area contributed by atoms with Gasteiger partial charge >= 0.3 is 6.18 Å². The Morgan fingerprint density at radius 3 is 2.41 bits per heavy atom. The number of hydrogen-bond donors (Lipinski definition) is 1. The maximum absolute atomic E-state index is 13.3. The molecule has 0 aromatic heterocycles. The zero-order valence-electron chi connectivity index (χ0n) is 18.4. The number of nitrogens with zero attached hydrogens (tertiary/aromatic N) is 1. The fourth-order valence-corrected chi connectivity index (χ4v) is 6.68. The summed E-state index contributed by atoms with van der Waals surface area (Å²) in [6.07, 6.45) is 1.24. The minimum atomic E-state index is -4.71. The van der Waals surface area contributed by atoms with Gasteiger partial charge < -0.3 is 5.32 Å². The Labute approximate surface area is 207 Å². The summed E-state index contributed by atoms with van der Waals surface area (Å²) in [7, 11) is -4.37. The van der Waals surface area contributed by atoms with Crippen LogP contribution in [0.5, 0.6) is 0 Å². The molecule has 5 nitrogen and oxygen atoms in total. The van der Waals surface area contributed by atoms with E-state index in [2.05, 4.69) is 5.32 Å². The number of nitrogens with one attached hydrogen (secondary N) is 1. The van der Waals surface area contributed by atoms with Crippen molar-refractivity contribution in [2.24, 2.45) is 0 Å². The van der Waals surface area contributed by atoms with Crippen LogP contribution in [0.1, 0.15) is 37.7 Å². The predicted molar refractivity (Wildman–Crippen MR) is 130 cm³/mol. The van der Waals surface area contributed by atoms with E-state index < -0.39 is 39.9 Å². The number of halogens is 4. The third kappa shape index (κ3) is 7.05. The molecule has 2 aromatic carbocycles. The second kappa shape index (κ2) is 11.7. The molecule has 0 aliphatic heterocycles. The molecular weight excluding hydrogens is 509 g/mol. The maximum atomic E-state index is 13.3. The van der Waals surface area contributed by atoms with Crippen LogP contribution in [0.3, 0.4) is 0 Å². The normalized spacial score (nSPS) is 15.2. The van der Waals surface area contributed by atoms with Gasteiger partial charge in [0, 0.05) is 17.5 Å². The van der Waals surface area contributed by atoms with Gasteiger partial charge in [0.25, 0.3) is 10.0 Å². The van der Waals surface area contributed by atoms with Crippen LogP contribution in [-0.2, 0) is 21.0 Å². The molecule has 0 unspecified atom stereocenters. The lowest BCUT2D eigenvalue weighted by atomic mass is 10.0. The smallest absolute Gasteiger partial charge is 0.354 e. The molecule has 1 amide bonds. The van der Waals surface area contributed by atoms with Crippen molar-refractivity contribution in [3.63, 3.8) is 0 Å². The Morgan fingerprint density at radius 1 is 1.09 bits per heavy atom. The Balaban J connectivity index is 1.80. The number of hydrogen-bond acceptors (Lipinski definition) is 4. The minimum Gasteiger partial charge on any atom is -0.354 e. The van der Waals surface area contributed by atoms with Crippen molar-refractivity contribution in [2.75, 3.05) is 23.1 Å². The molecule has 3 rings (SSSR count). The Kier molecular flexibility index (Phi) is 9.17. The van der Waals surface area contributed by atoms with Crippen LogP contribution < -0.4 is 9.62 Å². The van der Waals surface area contributed by atoms with Crippen molar-refractivity contribution in [3.05, 3.63) is 59.1 Å². The topological polar surface area (TPSA) is 66.5 Å².